The normalized spacial score (nSPS) is 14.0. The van der Waals surface area contributed by atoms with Gasteiger partial charge in [0.25, 0.3) is 11.6 Å². The first kappa shape index (κ1) is 25.6. The van der Waals surface area contributed by atoms with Gasteiger partial charge in [0.15, 0.2) is 10.9 Å². The Bertz CT molecular complexity index is 1310. The molecule has 1 saturated heterocycles. The third-order valence-electron chi connectivity index (χ3n) is 5.59. The van der Waals surface area contributed by atoms with E-state index in [9.17, 15) is 28.1 Å². The van der Waals surface area contributed by atoms with Gasteiger partial charge in [-0.15, -0.1) is 0 Å². The molecular formula is C23H18BrF3N4O4S. The molecule has 0 saturated carbocycles. The molecule has 1 aromatic heterocycles. The molecule has 2 aromatic carbocycles. The van der Waals surface area contributed by atoms with Gasteiger partial charge in [0.1, 0.15) is 11.4 Å². The minimum atomic E-state index is -4.68. The molecule has 0 unspecified atom stereocenters. The molecule has 0 atom stereocenters. The van der Waals surface area contributed by atoms with Crippen molar-refractivity contribution in [1.82, 2.24) is 10.2 Å². The lowest BCUT2D eigenvalue weighted by molar-refractivity contribution is -0.384. The number of amides is 1. The summed E-state index contributed by atoms with van der Waals surface area (Å²) in [6, 6.07) is 13.1. The third-order valence-corrected chi connectivity index (χ3v) is 6.47. The molecule has 1 aliphatic heterocycles. The van der Waals surface area contributed by atoms with Gasteiger partial charge in [0.05, 0.1) is 10.5 Å². The Balaban J connectivity index is 1.37. The fraction of sp³-hybridized carbons (Fsp3) is 0.217. The van der Waals surface area contributed by atoms with Gasteiger partial charge >= 0.3 is 6.18 Å². The molecule has 36 heavy (non-hydrogen) atoms. The Labute approximate surface area is 216 Å². The molecule has 0 spiro atoms. The summed E-state index contributed by atoms with van der Waals surface area (Å²) in [6.07, 6.45) is -4.68. The summed E-state index contributed by atoms with van der Waals surface area (Å²) in [4.78, 5) is 26.5. The van der Waals surface area contributed by atoms with Gasteiger partial charge in [0, 0.05) is 42.3 Å². The highest BCUT2D eigenvalue weighted by Gasteiger charge is 2.34. The molecule has 1 N–H and O–H groups in total. The van der Waals surface area contributed by atoms with Crippen LogP contribution in [-0.4, -0.2) is 47.0 Å². The van der Waals surface area contributed by atoms with Crippen molar-refractivity contribution in [1.29, 1.82) is 0 Å². The standard InChI is InChI=1S/C23H18BrF3N4O4S/c24-16-4-1-14(2-5-16)19-7-8-20(35-19)21(32)28-22(36)30-11-9-29(10-12-30)17-6-3-15(23(25,26)27)13-18(17)31(33)34/h1-8,13H,9-12H2,(H,28,32,36). The SMILES string of the molecule is O=C(NC(=S)N1CCN(c2ccc(C(F)(F)F)cc2[N+](=O)[O-])CC1)c1ccc(-c2ccc(Br)cc2)o1. The Morgan fingerprint density at radius 1 is 1.06 bits per heavy atom. The van der Waals surface area contributed by atoms with Gasteiger partial charge in [-0.2, -0.15) is 13.2 Å². The predicted octanol–water partition coefficient (Wildman–Crippen LogP) is 5.47. The van der Waals surface area contributed by atoms with Crippen LogP contribution in [0.3, 0.4) is 0 Å². The number of benzene rings is 2. The van der Waals surface area contributed by atoms with Crippen molar-refractivity contribution >= 4 is 50.5 Å². The summed E-state index contributed by atoms with van der Waals surface area (Å²) in [5.74, 6) is 0.0729. The summed E-state index contributed by atoms with van der Waals surface area (Å²) in [5.41, 5.74) is -0.804. The summed E-state index contributed by atoms with van der Waals surface area (Å²) < 4.78 is 45.5. The van der Waals surface area contributed by atoms with Gasteiger partial charge < -0.3 is 14.2 Å². The number of nitro groups is 1. The van der Waals surface area contributed by atoms with E-state index in [0.717, 1.165) is 22.2 Å². The van der Waals surface area contributed by atoms with E-state index in [4.69, 9.17) is 16.6 Å². The summed E-state index contributed by atoms with van der Waals surface area (Å²) in [5, 5.41) is 14.2. The van der Waals surface area contributed by atoms with Crippen LogP contribution < -0.4 is 10.2 Å². The molecule has 13 heteroatoms. The number of nitro benzene ring substituents is 1. The van der Waals surface area contributed by atoms with E-state index in [0.29, 0.717) is 24.9 Å². The third kappa shape index (κ3) is 5.68. The van der Waals surface area contributed by atoms with E-state index in [1.165, 1.54) is 6.07 Å². The Morgan fingerprint density at radius 2 is 1.72 bits per heavy atom. The molecule has 188 valence electrons. The summed E-state index contributed by atoms with van der Waals surface area (Å²) >= 11 is 8.70. The number of carbonyl (C=O) groups is 1. The Morgan fingerprint density at radius 3 is 2.33 bits per heavy atom. The van der Waals surface area contributed by atoms with Crippen LogP contribution in [0, 0.1) is 10.1 Å². The highest BCUT2D eigenvalue weighted by molar-refractivity contribution is 9.10. The number of halogens is 4. The molecule has 0 aliphatic carbocycles. The van der Waals surface area contributed by atoms with Crippen molar-refractivity contribution in [2.24, 2.45) is 0 Å². The quantitative estimate of drug-likeness (QED) is 0.247. The summed E-state index contributed by atoms with van der Waals surface area (Å²) in [7, 11) is 0. The van der Waals surface area contributed by atoms with Crippen molar-refractivity contribution in [2.45, 2.75) is 6.18 Å². The van der Waals surface area contributed by atoms with E-state index >= 15 is 0 Å². The van der Waals surface area contributed by atoms with E-state index < -0.39 is 28.3 Å². The van der Waals surface area contributed by atoms with Crippen molar-refractivity contribution < 1.29 is 27.3 Å². The number of nitrogens with zero attached hydrogens (tertiary/aromatic N) is 3. The minimum Gasteiger partial charge on any atom is -0.451 e. The molecule has 1 aliphatic rings. The van der Waals surface area contributed by atoms with Gasteiger partial charge in [-0.05, 0) is 48.6 Å². The zero-order chi connectivity index (χ0) is 26.0. The highest BCUT2D eigenvalue weighted by Crippen LogP contribution is 2.36. The van der Waals surface area contributed by atoms with Crippen molar-refractivity contribution in [3.63, 3.8) is 0 Å². The number of hydrogen-bond donors (Lipinski definition) is 1. The van der Waals surface area contributed by atoms with Crippen LogP contribution in [0.5, 0.6) is 0 Å². The van der Waals surface area contributed by atoms with Gasteiger partial charge in [0.2, 0.25) is 0 Å². The van der Waals surface area contributed by atoms with Crippen molar-refractivity contribution in [2.75, 3.05) is 31.1 Å². The first-order valence-electron chi connectivity index (χ1n) is 10.6. The van der Waals surface area contributed by atoms with E-state index in [1.807, 2.05) is 24.3 Å². The molecule has 3 aromatic rings. The number of hydrogen-bond acceptors (Lipinski definition) is 6. The topological polar surface area (TPSA) is 91.9 Å². The van der Waals surface area contributed by atoms with Gasteiger partial charge in [-0.25, -0.2) is 0 Å². The van der Waals surface area contributed by atoms with Crippen LogP contribution >= 0.6 is 28.1 Å². The molecular weight excluding hydrogens is 565 g/mol. The number of thiocarbonyl (C=S) groups is 1. The van der Waals surface area contributed by atoms with E-state index in [-0.39, 0.29) is 29.6 Å². The van der Waals surface area contributed by atoms with Crippen LogP contribution in [0.25, 0.3) is 11.3 Å². The zero-order valence-corrected chi connectivity index (χ0v) is 20.8. The minimum absolute atomic E-state index is 0.0780. The molecule has 1 fully saturated rings. The van der Waals surface area contributed by atoms with Crippen LogP contribution in [0.15, 0.2) is 63.5 Å². The maximum atomic E-state index is 13.0. The second-order valence-electron chi connectivity index (χ2n) is 7.86. The number of furan rings is 1. The molecule has 2 heterocycles. The van der Waals surface area contributed by atoms with Crippen molar-refractivity contribution in [3.05, 3.63) is 80.5 Å². The number of carbonyl (C=O) groups excluding carboxylic acids is 1. The zero-order valence-electron chi connectivity index (χ0n) is 18.4. The molecule has 1 amide bonds. The largest absolute Gasteiger partial charge is 0.451 e. The van der Waals surface area contributed by atoms with Gasteiger partial charge in [-0.1, -0.05) is 28.1 Å². The molecule has 0 radical (unpaired) electrons. The lowest BCUT2D eigenvalue weighted by atomic mass is 10.1. The summed E-state index contributed by atoms with van der Waals surface area (Å²) in [6.45, 7) is 1.13. The second-order valence-corrected chi connectivity index (χ2v) is 9.16. The fourth-order valence-corrected chi connectivity index (χ4v) is 4.27. The van der Waals surface area contributed by atoms with Crippen LogP contribution in [0.4, 0.5) is 24.5 Å². The van der Waals surface area contributed by atoms with Crippen LogP contribution in [-0.2, 0) is 6.18 Å². The number of nitrogens with one attached hydrogen (secondary N) is 1. The van der Waals surface area contributed by atoms with Crippen LogP contribution in [0.2, 0.25) is 0 Å². The number of alkyl halides is 3. The monoisotopic (exact) mass is 582 g/mol. The molecule has 4 rings (SSSR count). The van der Waals surface area contributed by atoms with E-state index in [2.05, 4.69) is 21.2 Å². The fourth-order valence-electron chi connectivity index (χ4n) is 3.73. The lowest BCUT2D eigenvalue weighted by Gasteiger charge is -2.37. The maximum absolute atomic E-state index is 13.0. The number of rotatable bonds is 4. The number of anilines is 1. The number of piperazine rings is 1. The lowest BCUT2D eigenvalue weighted by Crippen LogP contribution is -2.52. The molecule has 0 bridgehead atoms. The Kier molecular flexibility index (Phi) is 7.31. The highest BCUT2D eigenvalue weighted by atomic mass is 79.9. The first-order valence-corrected chi connectivity index (χ1v) is 11.8. The average Bonchev–Trinajstić information content (AvgIpc) is 3.34. The van der Waals surface area contributed by atoms with Crippen molar-refractivity contribution in [3.8, 4) is 11.3 Å². The average molecular weight is 583 g/mol. The second kappa shape index (κ2) is 10.3. The van der Waals surface area contributed by atoms with Crippen LogP contribution in [0.1, 0.15) is 16.1 Å². The Hall–Kier alpha value is -3.45. The maximum Gasteiger partial charge on any atom is 0.416 e. The first-order chi connectivity index (χ1) is 17.0. The molecule has 8 nitrogen and oxygen atoms in total. The predicted molar refractivity (Wildman–Crippen MR) is 134 cm³/mol. The van der Waals surface area contributed by atoms with Gasteiger partial charge in [-0.3, -0.25) is 20.2 Å². The van der Waals surface area contributed by atoms with E-state index in [1.54, 1.807) is 15.9 Å². The smallest absolute Gasteiger partial charge is 0.416 e.